The van der Waals surface area contributed by atoms with Gasteiger partial charge in [0.1, 0.15) is 5.82 Å². The van der Waals surface area contributed by atoms with E-state index in [0.717, 1.165) is 62.1 Å². The average molecular weight is 453 g/mol. The summed E-state index contributed by atoms with van der Waals surface area (Å²) in [4.78, 5) is 6.91. The molecule has 0 atom stereocenters. The highest BCUT2D eigenvalue weighted by molar-refractivity contribution is 7.71. The van der Waals surface area contributed by atoms with Crippen molar-refractivity contribution in [3.8, 4) is 5.69 Å². The van der Waals surface area contributed by atoms with Crippen molar-refractivity contribution in [3.05, 3.63) is 71.0 Å². The summed E-state index contributed by atoms with van der Waals surface area (Å²) in [7, 11) is 0. The Labute approximate surface area is 193 Å². The van der Waals surface area contributed by atoms with Crippen molar-refractivity contribution >= 4 is 17.9 Å². The van der Waals surface area contributed by atoms with Gasteiger partial charge in [-0.1, -0.05) is 30.3 Å². The molecule has 2 fully saturated rings. The van der Waals surface area contributed by atoms with Crippen molar-refractivity contribution in [1.82, 2.24) is 24.1 Å². The third-order valence-corrected chi connectivity index (χ3v) is 6.78. The second kappa shape index (κ2) is 9.52. The Morgan fingerprint density at radius 2 is 1.50 bits per heavy atom. The maximum atomic E-state index is 14.2. The summed E-state index contributed by atoms with van der Waals surface area (Å²) in [5, 5.41) is 4.95. The largest absolute Gasteiger partial charge is 0.367 e. The first kappa shape index (κ1) is 21.3. The van der Waals surface area contributed by atoms with Crippen molar-refractivity contribution in [2.24, 2.45) is 0 Å². The van der Waals surface area contributed by atoms with Crippen LogP contribution in [-0.2, 0) is 13.2 Å². The van der Waals surface area contributed by atoms with Gasteiger partial charge in [-0.2, -0.15) is 5.10 Å². The van der Waals surface area contributed by atoms with Crippen LogP contribution in [0.25, 0.3) is 5.69 Å². The minimum atomic E-state index is -0.156. The predicted molar refractivity (Wildman–Crippen MR) is 127 cm³/mol. The number of likely N-dealkylation sites (tertiary alicyclic amines) is 1. The van der Waals surface area contributed by atoms with Crippen LogP contribution in [0.15, 0.2) is 54.6 Å². The van der Waals surface area contributed by atoms with Gasteiger partial charge in [0.05, 0.1) is 18.9 Å². The highest BCUT2D eigenvalue weighted by Crippen LogP contribution is 2.21. The second-order valence-electron chi connectivity index (χ2n) is 8.55. The van der Waals surface area contributed by atoms with Gasteiger partial charge in [0.2, 0.25) is 4.77 Å². The van der Waals surface area contributed by atoms with Gasteiger partial charge in [0.25, 0.3) is 0 Å². The number of para-hydroxylation sites is 2. The van der Waals surface area contributed by atoms with Crippen LogP contribution in [0.1, 0.15) is 18.7 Å². The van der Waals surface area contributed by atoms with Gasteiger partial charge in [0, 0.05) is 31.9 Å². The number of piperazine rings is 1. The molecule has 3 aromatic rings. The van der Waals surface area contributed by atoms with Crippen LogP contribution in [0.4, 0.5) is 10.1 Å². The third-order valence-electron chi connectivity index (χ3n) is 6.38. The number of hydrogen-bond acceptors (Lipinski definition) is 5. The summed E-state index contributed by atoms with van der Waals surface area (Å²) < 4.78 is 18.9. The van der Waals surface area contributed by atoms with E-state index in [4.69, 9.17) is 17.3 Å². The van der Waals surface area contributed by atoms with E-state index in [2.05, 4.69) is 31.4 Å². The normalized spacial score (nSPS) is 17.8. The van der Waals surface area contributed by atoms with Gasteiger partial charge in [-0.25, -0.2) is 9.07 Å². The summed E-state index contributed by atoms with van der Waals surface area (Å²) in [5.74, 6) is 0.837. The number of rotatable bonds is 6. The maximum absolute atomic E-state index is 14.2. The standard InChI is InChI=1S/C24H29FN6S/c25-21-10-4-5-11-22(21)29-16-14-28(15-17-29)19-30-24(32)31(20-8-2-1-3-9-20)23(26-30)18-27-12-6-7-13-27/h1-5,8-11H,6-7,12-19H2. The molecule has 0 bridgehead atoms. The van der Waals surface area contributed by atoms with E-state index < -0.39 is 0 Å². The van der Waals surface area contributed by atoms with Crippen LogP contribution in [-0.4, -0.2) is 63.4 Å². The zero-order valence-electron chi connectivity index (χ0n) is 18.2. The summed E-state index contributed by atoms with van der Waals surface area (Å²) in [6.45, 7) is 6.95. The number of nitrogens with zero attached hydrogens (tertiary/aromatic N) is 6. The quantitative estimate of drug-likeness (QED) is 0.530. The zero-order chi connectivity index (χ0) is 21.9. The molecule has 2 aliphatic rings. The molecule has 168 valence electrons. The molecule has 0 N–H and O–H groups in total. The molecule has 0 radical (unpaired) electrons. The van der Waals surface area contributed by atoms with E-state index in [-0.39, 0.29) is 5.82 Å². The summed E-state index contributed by atoms with van der Waals surface area (Å²) in [6, 6.07) is 17.3. The van der Waals surface area contributed by atoms with Crippen molar-refractivity contribution in [2.45, 2.75) is 26.1 Å². The Kier molecular flexibility index (Phi) is 6.34. The van der Waals surface area contributed by atoms with Crippen molar-refractivity contribution in [1.29, 1.82) is 0 Å². The summed E-state index contributed by atoms with van der Waals surface area (Å²) in [6.07, 6.45) is 2.50. The van der Waals surface area contributed by atoms with Crippen LogP contribution in [0.3, 0.4) is 0 Å². The lowest BCUT2D eigenvalue weighted by Crippen LogP contribution is -2.47. The Bertz CT molecular complexity index is 1100. The van der Waals surface area contributed by atoms with Crippen LogP contribution >= 0.6 is 12.2 Å². The summed E-state index contributed by atoms with van der Waals surface area (Å²) >= 11 is 5.88. The van der Waals surface area contributed by atoms with Crippen LogP contribution < -0.4 is 4.90 Å². The molecule has 0 unspecified atom stereocenters. The number of anilines is 1. The Morgan fingerprint density at radius 1 is 0.812 bits per heavy atom. The van der Waals surface area contributed by atoms with Crippen LogP contribution in [0, 0.1) is 10.6 Å². The Hall–Kier alpha value is -2.55. The molecule has 2 aliphatic heterocycles. The molecule has 8 heteroatoms. The highest BCUT2D eigenvalue weighted by Gasteiger charge is 2.22. The van der Waals surface area contributed by atoms with E-state index in [1.807, 2.05) is 35.0 Å². The molecule has 1 aromatic heterocycles. The molecule has 6 nitrogen and oxygen atoms in total. The number of halogens is 1. The van der Waals surface area contributed by atoms with Crippen molar-refractivity contribution in [3.63, 3.8) is 0 Å². The van der Waals surface area contributed by atoms with E-state index in [0.29, 0.717) is 12.4 Å². The third kappa shape index (κ3) is 4.48. The van der Waals surface area contributed by atoms with Crippen LogP contribution in [0.5, 0.6) is 0 Å². The van der Waals surface area contributed by atoms with Crippen LogP contribution in [0.2, 0.25) is 0 Å². The van der Waals surface area contributed by atoms with Gasteiger partial charge in [-0.05, 0) is 62.4 Å². The fraction of sp³-hybridized carbons (Fsp3) is 0.417. The Balaban J connectivity index is 1.33. The fourth-order valence-electron chi connectivity index (χ4n) is 4.65. The minimum absolute atomic E-state index is 0.156. The van der Waals surface area contributed by atoms with E-state index in [1.165, 1.54) is 18.9 Å². The van der Waals surface area contributed by atoms with E-state index >= 15 is 0 Å². The van der Waals surface area contributed by atoms with Gasteiger partial charge < -0.3 is 4.90 Å². The SMILES string of the molecule is Fc1ccccc1N1CCN(Cn2nc(CN3CCCC3)n(-c3ccccc3)c2=S)CC1. The molecular weight excluding hydrogens is 423 g/mol. The monoisotopic (exact) mass is 452 g/mol. The lowest BCUT2D eigenvalue weighted by atomic mass is 10.2. The zero-order valence-corrected chi connectivity index (χ0v) is 19.1. The van der Waals surface area contributed by atoms with E-state index in [1.54, 1.807) is 6.07 Å². The predicted octanol–water partition coefficient (Wildman–Crippen LogP) is 3.92. The first-order valence-corrected chi connectivity index (χ1v) is 11.8. The molecule has 5 rings (SSSR count). The fourth-order valence-corrected chi connectivity index (χ4v) is 4.96. The minimum Gasteiger partial charge on any atom is -0.367 e. The molecule has 32 heavy (non-hydrogen) atoms. The van der Waals surface area contributed by atoms with Gasteiger partial charge in [0.15, 0.2) is 5.82 Å². The molecule has 0 aliphatic carbocycles. The molecule has 0 spiro atoms. The Morgan fingerprint density at radius 3 is 2.22 bits per heavy atom. The van der Waals surface area contributed by atoms with Gasteiger partial charge in [-0.3, -0.25) is 14.4 Å². The molecule has 0 saturated carbocycles. The average Bonchev–Trinajstić information content (AvgIpc) is 3.43. The number of hydrogen-bond donors (Lipinski definition) is 0. The summed E-state index contributed by atoms with van der Waals surface area (Å²) in [5.41, 5.74) is 1.74. The van der Waals surface area contributed by atoms with Crippen molar-refractivity contribution in [2.75, 3.05) is 44.2 Å². The lowest BCUT2D eigenvalue weighted by Gasteiger charge is -2.35. The smallest absolute Gasteiger partial charge is 0.203 e. The number of benzene rings is 2. The topological polar surface area (TPSA) is 32.5 Å². The second-order valence-corrected chi connectivity index (χ2v) is 8.92. The van der Waals surface area contributed by atoms with Gasteiger partial charge in [-0.15, -0.1) is 0 Å². The van der Waals surface area contributed by atoms with Crippen molar-refractivity contribution < 1.29 is 4.39 Å². The molecule has 3 heterocycles. The maximum Gasteiger partial charge on any atom is 0.203 e. The van der Waals surface area contributed by atoms with Gasteiger partial charge >= 0.3 is 0 Å². The molecule has 2 saturated heterocycles. The molecule has 0 amide bonds. The van der Waals surface area contributed by atoms with E-state index in [9.17, 15) is 4.39 Å². The number of aromatic nitrogens is 3. The lowest BCUT2D eigenvalue weighted by molar-refractivity contribution is 0.193. The molecule has 2 aromatic carbocycles. The highest BCUT2D eigenvalue weighted by atomic mass is 32.1. The molecular formula is C24H29FN6S. The first-order chi connectivity index (χ1) is 15.7. The first-order valence-electron chi connectivity index (χ1n) is 11.4.